The van der Waals surface area contributed by atoms with Gasteiger partial charge in [-0.25, -0.2) is 4.98 Å². The summed E-state index contributed by atoms with van der Waals surface area (Å²) in [7, 11) is 1.97. The molecule has 0 unspecified atom stereocenters. The van der Waals surface area contributed by atoms with Crippen LogP contribution < -0.4 is 16.1 Å². The Morgan fingerprint density at radius 3 is 2.86 bits per heavy atom. The van der Waals surface area contributed by atoms with Crippen molar-refractivity contribution < 1.29 is 0 Å². The van der Waals surface area contributed by atoms with Crippen LogP contribution >= 0.6 is 11.3 Å². The van der Waals surface area contributed by atoms with E-state index < -0.39 is 0 Å². The maximum atomic E-state index is 8.59. The van der Waals surface area contributed by atoms with Crippen LogP contribution in [0.2, 0.25) is 0 Å². The molecule has 0 bridgehead atoms. The smallest absolute Gasteiger partial charge is 0.205 e. The topological polar surface area (TPSA) is 90.3 Å². The number of nitrogens with two attached hydrogens (primary N) is 1. The van der Waals surface area contributed by atoms with Crippen LogP contribution in [0.5, 0.6) is 0 Å². The van der Waals surface area contributed by atoms with Crippen molar-refractivity contribution in [3.05, 3.63) is 35.2 Å². The Labute approximate surface area is 127 Å². The standard InChI is InChI=1S/C14H16N6S/c1-20(8-2-7-15)12-5-3-11(4-6-12)9-17-19-14-18-13(16)10-21-14/h3-6,9-10H,2,8,16H2,1H3,(H,18,19). The summed E-state index contributed by atoms with van der Waals surface area (Å²) in [6, 6.07) is 10.1. The molecule has 0 spiro atoms. The molecule has 2 rings (SSSR count). The van der Waals surface area contributed by atoms with Gasteiger partial charge >= 0.3 is 0 Å². The molecular weight excluding hydrogens is 284 g/mol. The molecule has 0 fully saturated rings. The molecule has 0 aliphatic carbocycles. The van der Waals surface area contributed by atoms with Crippen LogP contribution in [0.1, 0.15) is 12.0 Å². The van der Waals surface area contributed by atoms with Crippen molar-refractivity contribution >= 4 is 34.2 Å². The minimum absolute atomic E-state index is 0.488. The molecule has 7 heteroatoms. The quantitative estimate of drug-likeness (QED) is 0.632. The predicted octanol–water partition coefficient (Wildman–Crippen LogP) is 2.52. The average Bonchev–Trinajstić information content (AvgIpc) is 2.91. The van der Waals surface area contributed by atoms with E-state index in [9.17, 15) is 0 Å². The summed E-state index contributed by atoms with van der Waals surface area (Å²) >= 11 is 1.40. The van der Waals surface area contributed by atoms with Crippen molar-refractivity contribution in [3.8, 4) is 6.07 Å². The highest BCUT2D eigenvalue weighted by Gasteiger charge is 2.00. The number of aromatic nitrogens is 1. The Bertz CT molecular complexity index is 640. The fourth-order valence-electron chi connectivity index (χ4n) is 1.66. The first-order valence-electron chi connectivity index (χ1n) is 6.37. The Balaban J connectivity index is 1.91. The molecule has 0 atom stereocenters. The number of rotatable bonds is 6. The molecule has 0 aliphatic rings. The summed E-state index contributed by atoms with van der Waals surface area (Å²) in [6.07, 6.45) is 2.23. The van der Waals surface area contributed by atoms with Crippen LogP contribution in [0.25, 0.3) is 0 Å². The van der Waals surface area contributed by atoms with Crippen LogP contribution in [0.4, 0.5) is 16.6 Å². The Morgan fingerprint density at radius 1 is 1.48 bits per heavy atom. The highest BCUT2D eigenvalue weighted by molar-refractivity contribution is 7.14. The zero-order valence-corrected chi connectivity index (χ0v) is 12.5. The van der Waals surface area contributed by atoms with Gasteiger partial charge in [0.05, 0.1) is 18.7 Å². The number of hydrogen-bond acceptors (Lipinski definition) is 7. The Morgan fingerprint density at radius 2 is 2.24 bits per heavy atom. The zero-order valence-electron chi connectivity index (χ0n) is 11.7. The first-order chi connectivity index (χ1) is 10.2. The molecule has 0 saturated carbocycles. The molecule has 0 saturated heterocycles. The highest BCUT2D eigenvalue weighted by Crippen LogP contribution is 2.16. The molecule has 0 aliphatic heterocycles. The molecule has 2 aromatic rings. The number of thiazole rings is 1. The lowest BCUT2D eigenvalue weighted by Crippen LogP contribution is -2.17. The summed E-state index contributed by atoms with van der Waals surface area (Å²) in [5.74, 6) is 0.488. The van der Waals surface area contributed by atoms with Crippen LogP contribution in [-0.4, -0.2) is 24.8 Å². The third-order valence-corrected chi connectivity index (χ3v) is 3.55. The number of nitriles is 1. The minimum Gasteiger partial charge on any atom is -0.383 e. The molecule has 0 radical (unpaired) electrons. The van der Waals surface area contributed by atoms with Crippen molar-refractivity contribution in [3.63, 3.8) is 0 Å². The van der Waals surface area contributed by atoms with Crippen molar-refractivity contribution in [1.82, 2.24) is 4.98 Å². The van der Waals surface area contributed by atoms with Gasteiger partial charge < -0.3 is 10.6 Å². The van der Waals surface area contributed by atoms with Gasteiger partial charge in [0, 0.05) is 24.7 Å². The summed E-state index contributed by atoms with van der Waals surface area (Å²) in [4.78, 5) is 6.09. The van der Waals surface area contributed by atoms with Gasteiger partial charge in [-0.1, -0.05) is 12.1 Å². The second-order valence-electron chi connectivity index (χ2n) is 4.37. The van der Waals surface area contributed by atoms with E-state index in [1.165, 1.54) is 11.3 Å². The van der Waals surface area contributed by atoms with Crippen LogP contribution in [0.15, 0.2) is 34.7 Å². The normalized spacial score (nSPS) is 10.5. The molecule has 108 valence electrons. The Hall–Kier alpha value is -2.59. The molecule has 0 amide bonds. The number of hydrazone groups is 1. The second kappa shape index (κ2) is 7.26. The third-order valence-electron chi connectivity index (χ3n) is 2.79. The number of hydrogen-bond donors (Lipinski definition) is 2. The molecule has 1 heterocycles. The zero-order chi connectivity index (χ0) is 15.1. The fourth-order valence-corrected chi connectivity index (χ4v) is 2.21. The van der Waals surface area contributed by atoms with E-state index >= 15 is 0 Å². The van der Waals surface area contributed by atoms with E-state index in [-0.39, 0.29) is 0 Å². The maximum Gasteiger partial charge on any atom is 0.205 e. The maximum absolute atomic E-state index is 8.59. The monoisotopic (exact) mass is 300 g/mol. The summed E-state index contributed by atoms with van der Waals surface area (Å²) in [5, 5.41) is 15.1. The number of nitrogens with one attached hydrogen (secondary N) is 1. The van der Waals surface area contributed by atoms with Crippen molar-refractivity contribution in [1.29, 1.82) is 5.26 Å². The van der Waals surface area contributed by atoms with Gasteiger partial charge in [-0.2, -0.15) is 10.4 Å². The predicted molar refractivity (Wildman–Crippen MR) is 87.7 cm³/mol. The van der Waals surface area contributed by atoms with Crippen LogP contribution in [0, 0.1) is 11.3 Å². The first kappa shape index (κ1) is 14.8. The summed E-state index contributed by atoms with van der Waals surface area (Å²) < 4.78 is 0. The van der Waals surface area contributed by atoms with Crippen LogP contribution in [0.3, 0.4) is 0 Å². The van der Waals surface area contributed by atoms with Gasteiger partial charge in [0.2, 0.25) is 5.13 Å². The molecule has 21 heavy (non-hydrogen) atoms. The van der Waals surface area contributed by atoms with Gasteiger partial charge in [-0.15, -0.1) is 11.3 Å². The van der Waals surface area contributed by atoms with E-state index in [0.717, 1.165) is 17.8 Å². The van der Waals surface area contributed by atoms with Crippen molar-refractivity contribution in [2.45, 2.75) is 6.42 Å². The second-order valence-corrected chi connectivity index (χ2v) is 5.23. The molecule has 1 aromatic heterocycles. The highest BCUT2D eigenvalue weighted by atomic mass is 32.1. The third kappa shape index (κ3) is 4.47. The molecular formula is C14H16N6S. The number of anilines is 3. The van der Waals surface area contributed by atoms with E-state index in [0.29, 0.717) is 17.4 Å². The SMILES string of the molecule is CN(CCC#N)c1ccc(C=NNc2nc(N)cs2)cc1. The number of nitrogen functional groups attached to an aromatic ring is 1. The van der Waals surface area contributed by atoms with E-state index in [4.69, 9.17) is 11.0 Å². The van der Waals surface area contributed by atoms with E-state index in [2.05, 4.69) is 21.6 Å². The van der Waals surface area contributed by atoms with Crippen LogP contribution in [-0.2, 0) is 0 Å². The fraction of sp³-hybridized carbons (Fsp3) is 0.214. The first-order valence-corrected chi connectivity index (χ1v) is 7.25. The summed E-state index contributed by atoms with van der Waals surface area (Å²) in [6.45, 7) is 0.719. The van der Waals surface area contributed by atoms with E-state index in [1.807, 2.05) is 36.2 Å². The lowest BCUT2D eigenvalue weighted by molar-refractivity contribution is 0.905. The van der Waals surface area contributed by atoms with Gasteiger partial charge in [-0.05, 0) is 17.7 Å². The lowest BCUT2D eigenvalue weighted by atomic mass is 10.2. The van der Waals surface area contributed by atoms with Crippen molar-refractivity contribution in [2.24, 2.45) is 5.10 Å². The van der Waals surface area contributed by atoms with Gasteiger partial charge in [-0.3, -0.25) is 5.43 Å². The van der Waals surface area contributed by atoms with Gasteiger partial charge in [0.25, 0.3) is 0 Å². The average molecular weight is 300 g/mol. The largest absolute Gasteiger partial charge is 0.383 e. The lowest BCUT2D eigenvalue weighted by Gasteiger charge is -2.17. The summed E-state index contributed by atoms with van der Waals surface area (Å²) in [5.41, 5.74) is 10.4. The molecule has 6 nitrogen and oxygen atoms in total. The molecule has 3 N–H and O–H groups in total. The van der Waals surface area contributed by atoms with Crippen molar-refractivity contribution in [2.75, 3.05) is 29.7 Å². The molecule has 1 aromatic carbocycles. The number of benzene rings is 1. The van der Waals surface area contributed by atoms with Gasteiger partial charge in [0.1, 0.15) is 5.82 Å². The minimum atomic E-state index is 0.488. The van der Waals surface area contributed by atoms with E-state index in [1.54, 1.807) is 11.6 Å². The Kier molecular flexibility index (Phi) is 5.12. The number of nitrogens with zero attached hydrogens (tertiary/aromatic N) is 4. The van der Waals surface area contributed by atoms with Gasteiger partial charge in [0.15, 0.2) is 0 Å².